The molecule has 0 spiro atoms. The van der Waals surface area contributed by atoms with Crippen molar-refractivity contribution >= 4 is 17.5 Å². The lowest BCUT2D eigenvalue weighted by Gasteiger charge is -2.30. The fourth-order valence-corrected chi connectivity index (χ4v) is 2.40. The van der Waals surface area contributed by atoms with Gasteiger partial charge in [0.25, 0.3) is 0 Å². The van der Waals surface area contributed by atoms with Gasteiger partial charge in [-0.3, -0.25) is 5.10 Å². The molecule has 106 valence electrons. The van der Waals surface area contributed by atoms with Crippen molar-refractivity contribution in [3.05, 3.63) is 29.0 Å². The molecule has 1 aliphatic heterocycles. The highest BCUT2D eigenvalue weighted by Crippen LogP contribution is 2.23. The molecule has 0 aliphatic carbocycles. The van der Waals surface area contributed by atoms with Crippen LogP contribution in [0.15, 0.2) is 18.2 Å². The summed E-state index contributed by atoms with van der Waals surface area (Å²) in [6, 6.07) is 4.99. The Balaban J connectivity index is 1.84. The Kier molecular flexibility index (Phi) is 3.58. The van der Waals surface area contributed by atoms with Crippen molar-refractivity contribution in [2.45, 2.75) is 13.0 Å². The molecule has 1 aromatic heterocycles. The standard InChI is InChI=1S/C13H15ClFN5/c1-8-7-20(5-4-16-8)13-17-12(18-19-13)9-2-3-10(14)11(15)6-9/h2-3,6,8,16H,4-5,7H2,1H3,(H,17,18,19)/t8-/m0/s1. The second-order valence-corrected chi connectivity index (χ2v) is 5.32. The molecule has 20 heavy (non-hydrogen) atoms. The summed E-state index contributed by atoms with van der Waals surface area (Å²) in [5, 5.41) is 10.5. The number of hydrogen-bond acceptors (Lipinski definition) is 4. The lowest BCUT2D eigenvalue weighted by Crippen LogP contribution is -2.49. The van der Waals surface area contributed by atoms with E-state index in [1.807, 2.05) is 0 Å². The molecule has 2 aromatic rings. The molecular weight excluding hydrogens is 281 g/mol. The first-order chi connectivity index (χ1) is 9.63. The first kappa shape index (κ1) is 13.3. The molecule has 0 unspecified atom stereocenters. The van der Waals surface area contributed by atoms with E-state index in [-0.39, 0.29) is 5.02 Å². The van der Waals surface area contributed by atoms with E-state index in [0.29, 0.717) is 23.4 Å². The number of halogens is 2. The number of hydrogen-bond donors (Lipinski definition) is 2. The van der Waals surface area contributed by atoms with E-state index in [9.17, 15) is 4.39 Å². The van der Waals surface area contributed by atoms with E-state index in [4.69, 9.17) is 11.6 Å². The molecule has 0 radical (unpaired) electrons. The summed E-state index contributed by atoms with van der Waals surface area (Å²) >= 11 is 5.67. The summed E-state index contributed by atoms with van der Waals surface area (Å²) in [6.07, 6.45) is 0. The minimum absolute atomic E-state index is 0.101. The predicted octanol–water partition coefficient (Wildman–Crippen LogP) is 2.06. The topological polar surface area (TPSA) is 56.8 Å². The van der Waals surface area contributed by atoms with E-state index in [1.165, 1.54) is 12.1 Å². The summed E-state index contributed by atoms with van der Waals surface area (Å²) in [7, 11) is 0. The fourth-order valence-electron chi connectivity index (χ4n) is 2.28. The summed E-state index contributed by atoms with van der Waals surface area (Å²) in [6.45, 7) is 4.73. The molecule has 0 saturated carbocycles. The number of anilines is 1. The van der Waals surface area contributed by atoms with Crippen molar-refractivity contribution < 1.29 is 4.39 Å². The first-order valence-corrected chi connectivity index (χ1v) is 6.87. The van der Waals surface area contributed by atoms with Gasteiger partial charge in [0.15, 0.2) is 5.82 Å². The van der Waals surface area contributed by atoms with Gasteiger partial charge in [-0.2, -0.15) is 4.98 Å². The van der Waals surface area contributed by atoms with Gasteiger partial charge in [0, 0.05) is 31.2 Å². The number of aromatic nitrogens is 3. The van der Waals surface area contributed by atoms with Crippen molar-refractivity contribution in [1.82, 2.24) is 20.5 Å². The first-order valence-electron chi connectivity index (χ1n) is 6.49. The van der Waals surface area contributed by atoms with Crippen LogP contribution >= 0.6 is 11.6 Å². The zero-order valence-electron chi connectivity index (χ0n) is 11.0. The Morgan fingerprint density at radius 1 is 1.45 bits per heavy atom. The Labute approximate surface area is 121 Å². The van der Waals surface area contributed by atoms with Gasteiger partial charge in [0.2, 0.25) is 5.95 Å². The van der Waals surface area contributed by atoms with Crippen LogP contribution in [0.25, 0.3) is 11.4 Å². The number of rotatable bonds is 2. The van der Waals surface area contributed by atoms with Crippen molar-refractivity contribution in [3.63, 3.8) is 0 Å². The second kappa shape index (κ2) is 5.38. The summed E-state index contributed by atoms with van der Waals surface area (Å²) in [5.41, 5.74) is 0.633. The highest BCUT2D eigenvalue weighted by atomic mass is 35.5. The molecule has 0 amide bonds. The average molecular weight is 296 g/mol. The van der Waals surface area contributed by atoms with E-state index < -0.39 is 5.82 Å². The molecule has 5 nitrogen and oxygen atoms in total. The Hall–Kier alpha value is -1.66. The maximum absolute atomic E-state index is 13.5. The van der Waals surface area contributed by atoms with Crippen LogP contribution < -0.4 is 10.2 Å². The molecule has 1 aliphatic rings. The molecule has 1 aromatic carbocycles. The number of nitrogens with zero attached hydrogens (tertiary/aromatic N) is 3. The Bertz CT molecular complexity index is 615. The van der Waals surface area contributed by atoms with Gasteiger partial charge < -0.3 is 10.2 Å². The molecule has 2 N–H and O–H groups in total. The van der Waals surface area contributed by atoms with Gasteiger partial charge in [0.05, 0.1) is 5.02 Å². The van der Waals surface area contributed by atoms with Crippen LogP contribution in [-0.4, -0.2) is 40.9 Å². The monoisotopic (exact) mass is 295 g/mol. The van der Waals surface area contributed by atoms with Gasteiger partial charge in [0.1, 0.15) is 5.82 Å². The molecule has 1 atom stereocenters. The highest BCUT2D eigenvalue weighted by molar-refractivity contribution is 6.30. The third-order valence-electron chi connectivity index (χ3n) is 3.32. The highest BCUT2D eigenvalue weighted by Gasteiger charge is 2.19. The number of aromatic amines is 1. The van der Waals surface area contributed by atoms with Crippen LogP contribution in [0.2, 0.25) is 5.02 Å². The van der Waals surface area contributed by atoms with Crippen LogP contribution in [0, 0.1) is 5.82 Å². The maximum Gasteiger partial charge on any atom is 0.245 e. The largest absolute Gasteiger partial charge is 0.337 e. The molecular formula is C13H15ClFN5. The van der Waals surface area contributed by atoms with Crippen LogP contribution in [0.3, 0.4) is 0 Å². The van der Waals surface area contributed by atoms with Gasteiger partial charge in [-0.15, -0.1) is 5.10 Å². The number of benzene rings is 1. The summed E-state index contributed by atoms with van der Waals surface area (Å²) in [4.78, 5) is 6.54. The molecule has 1 saturated heterocycles. The third-order valence-corrected chi connectivity index (χ3v) is 3.62. The molecule has 2 heterocycles. The van der Waals surface area contributed by atoms with E-state index in [2.05, 4.69) is 32.3 Å². The molecule has 1 fully saturated rings. The lowest BCUT2D eigenvalue weighted by atomic mass is 10.2. The van der Waals surface area contributed by atoms with Gasteiger partial charge in [-0.05, 0) is 25.1 Å². The van der Waals surface area contributed by atoms with E-state index in [1.54, 1.807) is 6.07 Å². The van der Waals surface area contributed by atoms with Gasteiger partial charge >= 0.3 is 0 Å². The molecule has 7 heteroatoms. The second-order valence-electron chi connectivity index (χ2n) is 4.91. The zero-order valence-corrected chi connectivity index (χ0v) is 11.8. The minimum atomic E-state index is -0.460. The fraction of sp³-hybridized carbons (Fsp3) is 0.385. The minimum Gasteiger partial charge on any atom is -0.337 e. The van der Waals surface area contributed by atoms with Crippen LogP contribution in [0.1, 0.15) is 6.92 Å². The van der Waals surface area contributed by atoms with Crippen molar-refractivity contribution in [2.75, 3.05) is 24.5 Å². The van der Waals surface area contributed by atoms with Gasteiger partial charge in [-0.1, -0.05) is 11.6 Å². The van der Waals surface area contributed by atoms with Crippen molar-refractivity contribution in [2.24, 2.45) is 0 Å². The smallest absolute Gasteiger partial charge is 0.245 e. The predicted molar refractivity (Wildman–Crippen MR) is 76.5 cm³/mol. The zero-order chi connectivity index (χ0) is 14.1. The Morgan fingerprint density at radius 2 is 2.30 bits per heavy atom. The van der Waals surface area contributed by atoms with Crippen LogP contribution in [0.4, 0.5) is 10.3 Å². The maximum atomic E-state index is 13.5. The average Bonchev–Trinajstić information content (AvgIpc) is 2.92. The normalized spacial score (nSPS) is 19.4. The lowest BCUT2D eigenvalue weighted by molar-refractivity contribution is 0.480. The molecule has 3 rings (SSSR count). The number of nitrogens with one attached hydrogen (secondary N) is 2. The van der Waals surface area contributed by atoms with E-state index in [0.717, 1.165) is 19.6 Å². The quantitative estimate of drug-likeness (QED) is 0.890. The summed E-state index contributed by atoms with van der Waals surface area (Å²) in [5.74, 6) is 0.725. The van der Waals surface area contributed by atoms with Crippen LogP contribution in [-0.2, 0) is 0 Å². The third kappa shape index (κ3) is 2.62. The summed E-state index contributed by atoms with van der Waals surface area (Å²) < 4.78 is 13.5. The van der Waals surface area contributed by atoms with E-state index >= 15 is 0 Å². The van der Waals surface area contributed by atoms with Crippen LogP contribution in [0.5, 0.6) is 0 Å². The number of piperazine rings is 1. The van der Waals surface area contributed by atoms with Crippen molar-refractivity contribution in [1.29, 1.82) is 0 Å². The van der Waals surface area contributed by atoms with Gasteiger partial charge in [-0.25, -0.2) is 4.39 Å². The SMILES string of the molecule is C[C@H]1CN(c2n[nH]c(-c3ccc(Cl)c(F)c3)n2)CCN1. The molecule has 0 bridgehead atoms. The van der Waals surface area contributed by atoms with Crippen molar-refractivity contribution in [3.8, 4) is 11.4 Å². The Morgan fingerprint density at radius 3 is 3.05 bits per heavy atom. The number of H-pyrrole nitrogens is 1.